The Kier molecular flexibility index (Phi) is 4.14. The lowest BCUT2D eigenvalue weighted by molar-refractivity contribution is -0.123. The van der Waals surface area contributed by atoms with Crippen LogP contribution in [0.2, 0.25) is 0 Å². The van der Waals surface area contributed by atoms with Crippen molar-refractivity contribution in [3.05, 3.63) is 59.7 Å². The van der Waals surface area contributed by atoms with E-state index in [1.807, 2.05) is 48.5 Å². The number of hydrazine groups is 1. The largest absolute Gasteiger partial charge is 0.351 e. The van der Waals surface area contributed by atoms with Gasteiger partial charge in [0.05, 0.1) is 6.17 Å². The summed E-state index contributed by atoms with van der Waals surface area (Å²) in [6, 6.07) is 14.9. The van der Waals surface area contributed by atoms with Crippen molar-refractivity contribution >= 4 is 16.9 Å². The first-order chi connectivity index (χ1) is 12.2. The Labute approximate surface area is 143 Å². The minimum Gasteiger partial charge on any atom is -0.351 e. The summed E-state index contributed by atoms with van der Waals surface area (Å²) >= 11 is 0. The van der Waals surface area contributed by atoms with Crippen LogP contribution in [0.5, 0.6) is 0 Å². The minimum atomic E-state index is -0.449. The first-order valence-electron chi connectivity index (χ1n) is 8.03. The van der Waals surface area contributed by atoms with Gasteiger partial charge in [0, 0.05) is 12.5 Å². The number of carbonyl (C=O) groups excluding carboxylic acids is 1. The van der Waals surface area contributed by atoms with E-state index >= 15 is 0 Å². The van der Waals surface area contributed by atoms with Crippen LogP contribution in [0.1, 0.15) is 17.0 Å². The molecule has 3 aromatic rings. The molecule has 5 N–H and O–H groups in total. The number of nitrogens with one attached hydrogen (secondary N) is 3. The summed E-state index contributed by atoms with van der Waals surface area (Å²) in [6.07, 6.45) is -0.337. The first kappa shape index (κ1) is 15.7. The van der Waals surface area contributed by atoms with Crippen molar-refractivity contribution in [2.45, 2.75) is 24.7 Å². The van der Waals surface area contributed by atoms with Gasteiger partial charge in [0.15, 0.2) is 0 Å². The van der Waals surface area contributed by atoms with E-state index in [4.69, 9.17) is 5.73 Å². The van der Waals surface area contributed by atoms with Gasteiger partial charge in [-0.2, -0.15) is 0 Å². The molecule has 128 valence electrons. The lowest BCUT2D eigenvalue weighted by atomic mass is 9.90. The molecule has 2 aromatic carbocycles. The molecular formula is C17H18N6O2. The molecule has 0 spiro atoms. The molecule has 3 atom stereocenters. The lowest BCUT2D eigenvalue weighted by Gasteiger charge is -2.20. The van der Waals surface area contributed by atoms with E-state index < -0.39 is 6.04 Å². The van der Waals surface area contributed by atoms with Crippen LogP contribution in [-0.4, -0.2) is 28.4 Å². The minimum absolute atomic E-state index is 0.118. The fourth-order valence-electron chi connectivity index (χ4n) is 3.11. The van der Waals surface area contributed by atoms with Gasteiger partial charge in [-0.15, -0.1) is 0 Å². The molecule has 2 heterocycles. The number of amides is 1. The smallest absolute Gasteiger partial charge is 0.239 e. The van der Waals surface area contributed by atoms with Gasteiger partial charge in [0.25, 0.3) is 0 Å². The van der Waals surface area contributed by atoms with Gasteiger partial charge in [-0.05, 0) is 33.6 Å². The molecule has 0 radical (unpaired) electrons. The summed E-state index contributed by atoms with van der Waals surface area (Å²) in [5.74, 6) is -0.268. The van der Waals surface area contributed by atoms with Gasteiger partial charge in [-0.1, -0.05) is 36.4 Å². The third-order valence-corrected chi connectivity index (χ3v) is 4.40. The van der Waals surface area contributed by atoms with Crippen molar-refractivity contribution in [2.24, 2.45) is 5.73 Å². The molecule has 8 nitrogen and oxygen atoms in total. The standard InChI is InChI=1S/C17H18N6O2/c18-16-14(11-4-2-1-3-5-11)15(20-21-16)17(24)19-9-10-6-7-12-13(8-10)23-25-22-12/h1-8,14-16,20-21H,9,18H2,(H,19,24). The zero-order valence-corrected chi connectivity index (χ0v) is 13.3. The summed E-state index contributed by atoms with van der Waals surface area (Å²) in [5.41, 5.74) is 15.4. The number of carbonyl (C=O) groups is 1. The van der Waals surface area contributed by atoms with Crippen molar-refractivity contribution in [3.8, 4) is 0 Å². The number of nitrogens with two attached hydrogens (primary N) is 1. The van der Waals surface area contributed by atoms with Crippen LogP contribution >= 0.6 is 0 Å². The van der Waals surface area contributed by atoms with Gasteiger partial charge in [0.1, 0.15) is 17.1 Å². The molecule has 1 saturated heterocycles. The summed E-state index contributed by atoms with van der Waals surface area (Å²) in [5, 5.41) is 10.5. The Bertz CT molecular complexity index is 881. The van der Waals surface area contributed by atoms with Crippen LogP contribution in [-0.2, 0) is 11.3 Å². The van der Waals surface area contributed by atoms with Crippen LogP contribution in [0.3, 0.4) is 0 Å². The summed E-state index contributed by atoms with van der Waals surface area (Å²) in [6.45, 7) is 0.385. The van der Waals surface area contributed by atoms with E-state index in [1.54, 1.807) is 0 Å². The Morgan fingerprint density at radius 1 is 1.12 bits per heavy atom. The van der Waals surface area contributed by atoms with Gasteiger partial charge < -0.3 is 11.1 Å². The van der Waals surface area contributed by atoms with Crippen molar-refractivity contribution in [1.29, 1.82) is 0 Å². The second-order valence-electron chi connectivity index (χ2n) is 6.03. The van der Waals surface area contributed by atoms with E-state index in [0.717, 1.165) is 11.1 Å². The summed E-state index contributed by atoms with van der Waals surface area (Å²) in [7, 11) is 0. The number of benzene rings is 2. The first-order valence-corrected chi connectivity index (χ1v) is 8.03. The highest BCUT2D eigenvalue weighted by atomic mass is 16.6. The zero-order valence-electron chi connectivity index (χ0n) is 13.3. The maximum atomic E-state index is 12.6. The van der Waals surface area contributed by atoms with Crippen LogP contribution < -0.4 is 21.9 Å². The van der Waals surface area contributed by atoms with Crippen LogP contribution in [0.15, 0.2) is 53.2 Å². The number of hydrogen-bond donors (Lipinski definition) is 4. The number of fused-ring (bicyclic) bond motifs is 1. The Morgan fingerprint density at radius 2 is 1.92 bits per heavy atom. The Morgan fingerprint density at radius 3 is 2.76 bits per heavy atom. The molecule has 25 heavy (non-hydrogen) atoms. The van der Waals surface area contributed by atoms with E-state index in [2.05, 4.69) is 31.1 Å². The number of hydrogen-bond acceptors (Lipinski definition) is 7. The summed E-state index contributed by atoms with van der Waals surface area (Å²) in [4.78, 5) is 12.6. The quantitative estimate of drug-likeness (QED) is 0.543. The van der Waals surface area contributed by atoms with Crippen molar-refractivity contribution < 1.29 is 9.42 Å². The SMILES string of the molecule is NC1NNC(C(=O)NCc2ccc3nonc3c2)C1c1ccccc1. The molecule has 1 aromatic heterocycles. The molecule has 0 bridgehead atoms. The molecule has 8 heteroatoms. The molecule has 1 amide bonds. The van der Waals surface area contributed by atoms with Gasteiger partial charge in [0.2, 0.25) is 5.91 Å². The Balaban J connectivity index is 1.46. The molecule has 1 fully saturated rings. The second kappa shape index (κ2) is 6.60. The van der Waals surface area contributed by atoms with Crippen molar-refractivity contribution in [2.75, 3.05) is 0 Å². The highest BCUT2D eigenvalue weighted by molar-refractivity contribution is 5.83. The van der Waals surface area contributed by atoms with Crippen LogP contribution in [0, 0.1) is 0 Å². The number of aromatic nitrogens is 2. The van der Waals surface area contributed by atoms with E-state index in [1.165, 1.54) is 0 Å². The van der Waals surface area contributed by atoms with Crippen molar-refractivity contribution in [3.63, 3.8) is 0 Å². The lowest BCUT2D eigenvalue weighted by Crippen LogP contribution is -2.44. The predicted molar refractivity (Wildman–Crippen MR) is 90.9 cm³/mol. The van der Waals surface area contributed by atoms with E-state index in [9.17, 15) is 4.79 Å². The summed E-state index contributed by atoms with van der Waals surface area (Å²) < 4.78 is 4.68. The highest BCUT2D eigenvalue weighted by Crippen LogP contribution is 2.25. The third-order valence-electron chi connectivity index (χ3n) is 4.40. The predicted octanol–water partition coefficient (Wildman–Crippen LogP) is 0.384. The molecule has 1 aliphatic heterocycles. The number of rotatable bonds is 4. The highest BCUT2D eigenvalue weighted by Gasteiger charge is 2.39. The fraction of sp³-hybridized carbons (Fsp3) is 0.235. The molecule has 3 unspecified atom stereocenters. The topological polar surface area (TPSA) is 118 Å². The average Bonchev–Trinajstić information content (AvgIpc) is 3.26. The third kappa shape index (κ3) is 3.10. The maximum absolute atomic E-state index is 12.6. The van der Waals surface area contributed by atoms with Gasteiger partial charge in [-0.25, -0.2) is 15.5 Å². The molecular weight excluding hydrogens is 320 g/mol. The van der Waals surface area contributed by atoms with Gasteiger partial charge >= 0.3 is 0 Å². The molecule has 0 aliphatic carbocycles. The van der Waals surface area contributed by atoms with Crippen LogP contribution in [0.4, 0.5) is 0 Å². The fourth-order valence-corrected chi connectivity index (χ4v) is 3.11. The average molecular weight is 338 g/mol. The van der Waals surface area contributed by atoms with E-state index in [-0.39, 0.29) is 18.0 Å². The molecule has 1 aliphatic rings. The second-order valence-corrected chi connectivity index (χ2v) is 6.03. The molecule has 0 saturated carbocycles. The maximum Gasteiger partial charge on any atom is 0.239 e. The van der Waals surface area contributed by atoms with Crippen LogP contribution in [0.25, 0.3) is 11.0 Å². The number of nitrogens with zero attached hydrogens (tertiary/aromatic N) is 2. The molecule has 4 rings (SSSR count). The normalized spacial score (nSPS) is 23.0. The van der Waals surface area contributed by atoms with Crippen molar-refractivity contribution in [1.82, 2.24) is 26.5 Å². The Hall–Kier alpha value is -2.81. The monoisotopic (exact) mass is 338 g/mol. The zero-order chi connectivity index (χ0) is 17.2. The van der Waals surface area contributed by atoms with Gasteiger partial charge in [-0.3, -0.25) is 4.79 Å². The van der Waals surface area contributed by atoms with E-state index in [0.29, 0.717) is 17.6 Å².